The zero-order valence-electron chi connectivity index (χ0n) is 12.0. The molecule has 2 heteroatoms. The number of rotatable bonds is 4. The predicted octanol–water partition coefficient (Wildman–Crippen LogP) is 4.01. The van der Waals surface area contributed by atoms with E-state index < -0.39 is 0 Å². The average molecular weight is 239 g/mol. The second-order valence-corrected chi connectivity index (χ2v) is 6.42. The van der Waals surface area contributed by atoms with Crippen LogP contribution in [0.2, 0.25) is 0 Å². The first-order valence-electron chi connectivity index (χ1n) is 7.54. The molecule has 0 spiro atoms. The standard InChI is InChI=1S/C15H29NO/c1-5-7-8-12-9-10-14-13(11-12)15(3,4)17-16(14)6-2/h12-14H,5-11H2,1-4H3. The third-order valence-electron chi connectivity index (χ3n) is 4.82. The highest BCUT2D eigenvalue weighted by Crippen LogP contribution is 2.46. The van der Waals surface area contributed by atoms with Gasteiger partial charge in [0, 0.05) is 18.5 Å². The van der Waals surface area contributed by atoms with Crippen molar-refractivity contribution in [3.05, 3.63) is 0 Å². The largest absolute Gasteiger partial charge is 0.292 e. The average Bonchev–Trinajstić information content (AvgIpc) is 2.58. The van der Waals surface area contributed by atoms with Crippen molar-refractivity contribution in [3.8, 4) is 0 Å². The van der Waals surface area contributed by atoms with Gasteiger partial charge in [0.2, 0.25) is 0 Å². The minimum Gasteiger partial charge on any atom is -0.292 e. The summed E-state index contributed by atoms with van der Waals surface area (Å²) in [6.45, 7) is 10.1. The SMILES string of the molecule is CCCCC1CCC2C(C1)C(C)(C)ON2CC. The summed E-state index contributed by atoms with van der Waals surface area (Å²) >= 11 is 0. The molecule has 1 heterocycles. The van der Waals surface area contributed by atoms with Gasteiger partial charge in [-0.15, -0.1) is 0 Å². The van der Waals surface area contributed by atoms with E-state index in [1.165, 1.54) is 38.5 Å². The molecule has 1 aliphatic carbocycles. The zero-order valence-corrected chi connectivity index (χ0v) is 12.0. The molecule has 0 amide bonds. The summed E-state index contributed by atoms with van der Waals surface area (Å²) in [6, 6.07) is 0.688. The van der Waals surface area contributed by atoms with E-state index in [0.29, 0.717) is 6.04 Å². The monoisotopic (exact) mass is 239 g/mol. The number of hydrogen-bond acceptors (Lipinski definition) is 2. The summed E-state index contributed by atoms with van der Waals surface area (Å²) in [5, 5.41) is 2.25. The maximum atomic E-state index is 6.13. The van der Waals surface area contributed by atoms with Gasteiger partial charge in [-0.3, -0.25) is 4.84 Å². The molecule has 17 heavy (non-hydrogen) atoms. The van der Waals surface area contributed by atoms with Gasteiger partial charge in [0.15, 0.2) is 0 Å². The van der Waals surface area contributed by atoms with Crippen molar-refractivity contribution in [1.82, 2.24) is 5.06 Å². The highest BCUT2D eigenvalue weighted by Gasteiger charge is 2.50. The number of fused-ring (bicyclic) bond motifs is 1. The first-order valence-corrected chi connectivity index (χ1v) is 7.54. The molecule has 2 rings (SSSR count). The molecular weight excluding hydrogens is 210 g/mol. The van der Waals surface area contributed by atoms with E-state index in [0.717, 1.165) is 18.4 Å². The van der Waals surface area contributed by atoms with Crippen LogP contribution in [0.25, 0.3) is 0 Å². The van der Waals surface area contributed by atoms with Crippen molar-refractivity contribution in [2.75, 3.05) is 6.54 Å². The van der Waals surface area contributed by atoms with Crippen LogP contribution in [0.4, 0.5) is 0 Å². The first kappa shape index (κ1) is 13.4. The van der Waals surface area contributed by atoms with Crippen LogP contribution in [-0.4, -0.2) is 23.3 Å². The summed E-state index contributed by atoms with van der Waals surface area (Å²) < 4.78 is 0. The maximum Gasteiger partial charge on any atom is 0.0887 e. The van der Waals surface area contributed by atoms with Gasteiger partial charge >= 0.3 is 0 Å². The van der Waals surface area contributed by atoms with Crippen LogP contribution in [0.15, 0.2) is 0 Å². The van der Waals surface area contributed by atoms with Crippen molar-refractivity contribution in [2.45, 2.75) is 77.9 Å². The van der Waals surface area contributed by atoms with Gasteiger partial charge in [-0.2, -0.15) is 5.06 Å². The van der Waals surface area contributed by atoms with Crippen LogP contribution in [0, 0.1) is 11.8 Å². The fourth-order valence-corrected chi connectivity index (χ4v) is 3.83. The van der Waals surface area contributed by atoms with E-state index in [4.69, 9.17) is 4.84 Å². The Bertz CT molecular complexity index is 251. The summed E-state index contributed by atoms with van der Waals surface area (Å²) in [6.07, 6.45) is 8.32. The molecular formula is C15H29NO. The Kier molecular flexibility index (Phi) is 4.14. The van der Waals surface area contributed by atoms with Crippen molar-refractivity contribution >= 4 is 0 Å². The van der Waals surface area contributed by atoms with E-state index in [-0.39, 0.29) is 5.60 Å². The predicted molar refractivity (Wildman–Crippen MR) is 71.7 cm³/mol. The Morgan fingerprint density at radius 1 is 1.24 bits per heavy atom. The van der Waals surface area contributed by atoms with Gasteiger partial charge in [-0.1, -0.05) is 33.1 Å². The Labute approximate surface area is 107 Å². The molecule has 0 aromatic rings. The number of hydroxylamine groups is 2. The lowest BCUT2D eigenvalue weighted by molar-refractivity contribution is -0.192. The van der Waals surface area contributed by atoms with Gasteiger partial charge in [0.1, 0.15) is 0 Å². The molecule has 0 radical (unpaired) electrons. The molecule has 0 bridgehead atoms. The van der Waals surface area contributed by atoms with Crippen molar-refractivity contribution < 1.29 is 4.84 Å². The highest BCUT2D eigenvalue weighted by molar-refractivity contribution is 4.97. The molecule has 1 aliphatic heterocycles. The highest BCUT2D eigenvalue weighted by atomic mass is 16.7. The molecule has 1 saturated heterocycles. The zero-order chi connectivity index (χ0) is 12.5. The molecule has 0 aromatic heterocycles. The Balaban J connectivity index is 1.98. The quantitative estimate of drug-likeness (QED) is 0.735. The molecule has 3 atom stereocenters. The third-order valence-corrected chi connectivity index (χ3v) is 4.82. The number of hydrogen-bond donors (Lipinski definition) is 0. The summed E-state index contributed by atoms with van der Waals surface area (Å²) in [4.78, 5) is 6.13. The molecule has 1 saturated carbocycles. The van der Waals surface area contributed by atoms with E-state index in [9.17, 15) is 0 Å². The molecule has 2 fully saturated rings. The molecule has 2 aliphatic rings. The van der Waals surface area contributed by atoms with Crippen molar-refractivity contribution in [1.29, 1.82) is 0 Å². The Hall–Kier alpha value is -0.0800. The summed E-state index contributed by atoms with van der Waals surface area (Å²) in [5.41, 5.74) is 0.0611. The fraction of sp³-hybridized carbons (Fsp3) is 1.00. The number of nitrogens with zero attached hydrogens (tertiary/aromatic N) is 1. The van der Waals surface area contributed by atoms with Gasteiger partial charge in [-0.05, 0) is 39.0 Å². The molecule has 0 aromatic carbocycles. The van der Waals surface area contributed by atoms with Crippen LogP contribution in [0.3, 0.4) is 0 Å². The van der Waals surface area contributed by atoms with Crippen LogP contribution < -0.4 is 0 Å². The Morgan fingerprint density at radius 2 is 2.00 bits per heavy atom. The van der Waals surface area contributed by atoms with Crippen molar-refractivity contribution in [3.63, 3.8) is 0 Å². The first-order chi connectivity index (χ1) is 8.08. The van der Waals surface area contributed by atoms with Gasteiger partial charge in [0.25, 0.3) is 0 Å². The fourth-order valence-electron chi connectivity index (χ4n) is 3.83. The second-order valence-electron chi connectivity index (χ2n) is 6.42. The van der Waals surface area contributed by atoms with E-state index in [1.54, 1.807) is 0 Å². The Morgan fingerprint density at radius 3 is 2.65 bits per heavy atom. The minimum absolute atomic E-state index is 0.0611. The smallest absolute Gasteiger partial charge is 0.0887 e. The summed E-state index contributed by atoms with van der Waals surface area (Å²) in [7, 11) is 0. The number of unbranched alkanes of at least 4 members (excludes halogenated alkanes) is 1. The lowest BCUT2D eigenvalue weighted by atomic mass is 9.71. The van der Waals surface area contributed by atoms with Gasteiger partial charge < -0.3 is 0 Å². The topological polar surface area (TPSA) is 12.5 Å². The van der Waals surface area contributed by atoms with Crippen molar-refractivity contribution in [2.24, 2.45) is 11.8 Å². The van der Waals surface area contributed by atoms with E-state index in [2.05, 4.69) is 32.8 Å². The normalized spacial score (nSPS) is 37.1. The maximum absolute atomic E-state index is 6.13. The van der Waals surface area contributed by atoms with Crippen LogP contribution in [0.5, 0.6) is 0 Å². The lowest BCUT2D eigenvalue weighted by Crippen LogP contribution is -2.39. The van der Waals surface area contributed by atoms with Gasteiger partial charge in [0.05, 0.1) is 5.60 Å². The molecule has 0 N–H and O–H groups in total. The van der Waals surface area contributed by atoms with Crippen LogP contribution in [0.1, 0.15) is 66.2 Å². The molecule has 2 nitrogen and oxygen atoms in total. The summed E-state index contributed by atoms with van der Waals surface area (Å²) in [5.74, 6) is 1.70. The lowest BCUT2D eigenvalue weighted by Gasteiger charge is -2.36. The third kappa shape index (κ3) is 2.68. The molecule has 100 valence electrons. The van der Waals surface area contributed by atoms with Crippen LogP contribution in [-0.2, 0) is 4.84 Å². The van der Waals surface area contributed by atoms with E-state index in [1.807, 2.05) is 0 Å². The second kappa shape index (κ2) is 5.27. The molecule has 3 unspecified atom stereocenters. The van der Waals surface area contributed by atoms with Gasteiger partial charge in [-0.25, -0.2) is 0 Å². The minimum atomic E-state index is 0.0611. The van der Waals surface area contributed by atoms with E-state index >= 15 is 0 Å². The van der Waals surface area contributed by atoms with Crippen LogP contribution >= 0.6 is 0 Å².